The number of halogens is 4. The molecule has 1 N–H and O–H groups in total. The van der Waals surface area contributed by atoms with Crippen molar-refractivity contribution in [3.63, 3.8) is 0 Å². The Labute approximate surface area is 185 Å². The van der Waals surface area contributed by atoms with Gasteiger partial charge in [-0.3, -0.25) is 14.2 Å². The lowest BCUT2D eigenvalue weighted by molar-refractivity contribution is -0.137. The smallest absolute Gasteiger partial charge is 0.348 e. The SMILES string of the molecule is CC[C@@H](C)NC(=O)c1nn(-c2ccccc2F)c(=O)n(Cc2cccc(C(F)(F)F)c2)c1=O. The van der Waals surface area contributed by atoms with Crippen molar-refractivity contribution in [1.29, 1.82) is 0 Å². The first-order valence-electron chi connectivity index (χ1n) is 9.99. The predicted octanol–water partition coefficient (Wildman–Crippen LogP) is 3.13. The molecule has 174 valence electrons. The number of para-hydroxylation sites is 1. The van der Waals surface area contributed by atoms with Gasteiger partial charge < -0.3 is 5.32 Å². The van der Waals surface area contributed by atoms with Gasteiger partial charge in [0, 0.05) is 6.04 Å². The maximum atomic E-state index is 14.4. The number of hydrogen-bond donors (Lipinski definition) is 1. The van der Waals surface area contributed by atoms with Crippen LogP contribution in [0.5, 0.6) is 0 Å². The van der Waals surface area contributed by atoms with Gasteiger partial charge in [0.2, 0.25) is 5.69 Å². The van der Waals surface area contributed by atoms with Gasteiger partial charge in [-0.05, 0) is 43.2 Å². The van der Waals surface area contributed by atoms with Crippen LogP contribution >= 0.6 is 0 Å². The van der Waals surface area contributed by atoms with Crippen LogP contribution in [0.1, 0.15) is 41.9 Å². The van der Waals surface area contributed by atoms with E-state index in [4.69, 9.17) is 0 Å². The fourth-order valence-electron chi connectivity index (χ4n) is 3.00. The fourth-order valence-corrected chi connectivity index (χ4v) is 3.00. The summed E-state index contributed by atoms with van der Waals surface area (Å²) in [6, 6.07) is 8.82. The molecular weight excluding hydrogens is 444 g/mol. The summed E-state index contributed by atoms with van der Waals surface area (Å²) in [5.41, 5.74) is -4.20. The number of alkyl halides is 3. The average Bonchev–Trinajstić information content (AvgIpc) is 2.77. The van der Waals surface area contributed by atoms with Crippen LogP contribution in [-0.4, -0.2) is 26.3 Å². The third kappa shape index (κ3) is 5.18. The van der Waals surface area contributed by atoms with E-state index in [-0.39, 0.29) is 17.3 Å². The number of carbonyl (C=O) groups is 1. The third-order valence-corrected chi connectivity index (χ3v) is 4.94. The largest absolute Gasteiger partial charge is 0.416 e. The Kier molecular flexibility index (Phi) is 6.80. The van der Waals surface area contributed by atoms with Crippen molar-refractivity contribution in [2.24, 2.45) is 0 Å². The van der Waals surface area contributed by atoms with Crippen LogP contribution in [0.3, 0.4) is 0 Å². The molecule has 3 rings (SSSR count). The molecule has 0 saturated heterocycles. The average molecular weight is 464 g/mol. The highest BCUT2D eigenvalue weighted by atomic mass is 19.4. The summed E-state index contributed by atoms with van der Waals surface area (Å²) in [6.07, 6.45) is -4.09. The monoisotopic (exact) mass is 464 g/mol. The highest BCUT2D eigenvalue weighted by Crippen LogP contribution is 2.29. The van der Waals surface area contributed by atoms with Crippen LogP contribution in [0.25, 0.3) is 5.69 Å². The standard InChI is InChI=1S/C22H20F4N4O3/c1-3-13(2)27-19(31)18-20(32)29(12-14-7-6-8-15(11-14)22(24,25)26)21(33)30(28-18)17-10-5-4-9-16(17)23/h4-11,13H,3,12H2,1-2H3,(H,27,31)/t13-/m1/s1. The molecule has 33 heavy (non-hydrogen) atoms. The summed E-state index contributed by atoms with van der Waals surface area (Å²) in [7, 11) is 0. The number of carbonyl (C=O) groups excluding carboxylic acids is 1. The normalized spacial score (nSPS) is 12.4. The Morgan fingerprint density at radius 2 is 1.82 bits per heavy atom. The minimum absolute atomic E-state index is 0.0106. The lowest BCUT2D eigenvalue weighted by atomic mass is 10.1. The fraction of sp³-hybridized carbons (Fsp3) is 0.273. The second-order valence-electron chi connectivity index (χ2n) is 7.37. The van der Waals surface area contributed by atoms with Gasteiger partial charge in [0.1, 0.15) is 11.5 Å². The Balaban J connectivity index is 2.21. The van der Waals surface area contributed by atoms with Gasteiger partial charge in [0.05, 0.1) is 12.1 Å². The first kappa shape index (κ1) is 23.9. The molecule has 0 spiro atoms. The van der Waals surface area contributed by atoms with Gasteiger partial charge >= 0.3 is 11.9 Å². The molecule has 0 aliphatic rings. The van der Waals surface area contributed by atoms with E-state index in [1.54, 1.807) is 13.8 Å². The molecule has 1 amide bonds. The van der Waals surface area contributed by atoms with Gasteiger partial charge in [0.15, 0.2) is 0 Å². The Morgan fingerprint density at radius 1 is 1.12 bits per heavy atom. The quantitative estimate of drug-likeness (QED) is 0.568. The molecule has 0 aliphatic heterocycles. The van der Waals surface area contributed by atoms with Crippen LogP contribution in [0, 0.1) is 5.82 Å². The minimum Gasteiger partial charge on any atom is -0.348 e. The van der Waals surface area contributed by atoms with E-state index >= 15 is 0 Å². The Morgan fingerprint density at radius 3 is 2.45 bits per heavy atom. The van der Waals surface area contributed by atoms with Gasteiger partial charge in [-0.2, -0.15) is 23.0 Å². The Bertz CT molecular complexity index is 1300. The first-order valence-corrected chi connectivity index (χ1v) is 9.99. The molecule has 0 radical (unpaired) electrons. The number of aromatic nitrogens is 3. The molecular formula is C22H20F4N4O3. The van der Waals surface area contributed by atoms with Crippen LogP contribution in [-0.2, 0) is 12.7 Å². The van der Waals surface area contributed by atoms with Crippen LogP contribution in [0.4, 0.5) is 17.6 Å². The van der Waals surface area contributed by atoms with Crippen molar-refractivity contribution in [1.82, 2.24) is 19.7 Å². The lowest BCUT2D eigenvalue weighted by Gasteiger charge is -2.15. The minimum atomic E-state index is -4.63. The summed E-state index contributed by atoms with van der Waals surface area (Å²) in [5, 5.41) is 6.33. The molecule has 0 aliphatic carbocycles. The number of rotatable bonds is 6. The van der Waals surface area contributed by atoms with Gasteiger partial charge in [-0.1, -0.05) is 31.2 Å². The molecule has 3 aromatic rings. The number of nitrogens with zero attached hydrogens (tertiary/aromatic N) is 3. The van der Waals surface area contributed by atoms with Crippen molar-refractivity contribution >= 4 is 5.91 Å². The van der Waals surface area contributed by atoms with E-state index in [2.05, 4.69) is 10.4 Å². The van der Waals surface area contributed by atoms with E-state index in [9.17, 15) is 31.9 Å². The van der Waals surface area contributed by atoms with Crippen LogP contribution in [0.15, 0.2) is 58.1 Å². The van der Waals surface area contributed by atoms with Crippen molar-refractivity contribution in [3.8, 4) is 5.69 Å². The topological polar surface area (TPSA) is 86.0 Å². The number of benzene rings is 2. The molecule has 0 bridgehead atoms. The zero-order chi connectivity index (χ0) is 24.3. The molecule has 11 heteroatoms. The molecule has 1 aromatic heterocycles. The van der Waals surface area contributed by atoms with E-state index in [0.717, 1.165) is 24.3 Å². The highest BCUT2D eigenvalue weighted by Gasteiger charge is 2.30. The van der Waals surface area contributed by atoms with E-state index in [1.165, 1.54) is 24.3 Å². The second kappa shape index (κ2) is 9.39. The van der Waals surface area contributed by atoms with Crippen LogP contribution < -0.4 is 16.6 Å². The van der Waals surface area contributed by atoms with Crippen molar-refractivity contribution in [3.05, 3.63) is 92.0 Å². The molecule has 7 nitrogen and oxygen atoms in total. The summed E-state index contributed by atoms with van der Waals surface area (Å²) in [6.45, 7) is 2.90. The van der Waals surface area contributed by atoms with Crippen molar-refractivity contribution in [2.45, 2.75) is 39.0 Å². The van der Waals surface area contributed by atoms with E-state index in [1.807, 2.05) is 0 Å². The van der Waals surface area contributed by atoms with E-state index in [0.29, 0.717) is 15.7 Å². The van der Waals surface area contributed by atoms with Gasteiger partial charge in [0.25, 0.3) is 11.5 Å². The summed E-state index contributed by atoms with van der Waals surface area (Å²) in [5.74, 6) is -1.73. The first-order chi connectivity index (χ1) is 15.5. The third-order valence-electron chi connectivity index (χ3n) is 4.94. The van der Waals surface area contributed by atoms with Crippen molar-refractivity contribution in [2.75, 3.05) is 0 Å². The summed E-state index contributed by atoms with van der Waals surface area (Å²) < 4.78 is 54.7. The number of nitrogens with one attached hydrogen (secondary N) is 1. The van der Waals surface area contributed by atoms with Gasteiger partial charge in [-0.15, -0.1) is 0 Å². The lowest BCUT2D eigenvalue weighted by Crippen LogP contribution is -2.47. The zero-order valence-corrected chi connectivity index (χ0v) is 17.7. The summed E-state index contributed by atoms with van der Waals surface area (Å²) in [4.78, 5) is 38.7. The Hall–Kier alpha value is -3.76. The molecule has 0 saturated carbocycles. The maximum absolute atomic E-state index is 14.4. The molecule has 2 aromatic carbocycles. The predicted molar refractivity (Wildman–Crippen MR) is 112 cm³/mol. The van der Waals surface area contributed by atoms with Gasteiger partial charge in [-0.25, -0.2) is 9.18 Å². The maximum Gasteiger partial charge on any atom is 0.416 e. The molecule has 1 heterocycles. The number of amides is 1. The summed E-state index contributed by atoms with van der Waals surface area (Å²) >= 11 is 0. The van der Waals surface area contributed by atoms with Crippen LogP contribution in [0.2, 0.25) is 0 Å². The highest BCUT2D eigenvalue weighted by molar-refractivity contribution is 5.91. The molecule has 0 unspecified atom stereocenters. The van der Waals surface area contributed by atoms with Crippen molar-refractivity contribution < 1.29 is 22.4 Å². The molecule has 1 atom stereocenters. The second-order valence-corrected chi connectivity index (χ2v) is 7.37. The zero-order valence-electron chi connectivity index (χ0n) is 17.7. The van der Waals surface area contributed by atoms with E-state index < -0.39 is 47.0 Å². The molecule has 0 fully saturated rings. The number of hydrogen-bond acceptors (Lipinski definition) is 4.